The number of ether oxygens (including phenoxy) is 3. The minimum absolute atomic E-state index is 0.144. The predicted molar refractivity (Wildman–Crippen MR) is 101 cm³/mol. The molecule has 27 heavy (non-hydrogen) atoms. The van der Waals surface area contributed by atoms with Gasteiger partial charge in [0.15, 0.2) is 18.1 Å². The number of hydrogen-bond acceptors (Lipinski definition) is 6. The molecule has 1 N–H and O–H groups in total. The van der Waals surface area contributed by atoms with Crippen LogP contribution in [0, 0.1) is 13.8 Å². The number of carbonyl (C=O) groups is 2. The molecular weight excluding hydrogens is 348 g/mol. The van der Waals surface area contributed by atoms with Crippen molar-refractivity contribution in [2.24, 2.45) is 5.10 Å². The van der Waals surface area contributed by atoms with E-state index in [0.717, 1.165) is 11.1 Å². The molecule has 7 heteroatoms. The molecule has 7 nitrogen and oxygen atoms in total. The molecule has 0 aliphatic carbocycles. The number of nitrogens with one attached hydrogen (secondary N) is 1. The van der Waals surface area contributed by atoms with Gasteiger partial charge in [-0.15, -0.1) is 0 Å². The first-order valence-corrected chi connectivity index (χ1v) is 8.27. The minimum atomic E-state index is -0.439. The van der Waals surface area contributed by atoms with Crippen molar-refractivity contribution in [3.63, 3.8) is 0 Å². The molecule has 0 aliphatic heterocycles. The second-order valence-electron chi connectivity index (χ2n) is 5.91. The fourth-order valence-electron chi connectivity index (χ4n) is 2.38. The van der Waals surface area contributed by atoms with E-state index in [1.807, 2.05) is 32.0 Å². The maximum absolute atomic E-state index is 11.8. The molecule has 0 fully saturated rings. The van der Waals surface area contributed by atoms with Crippen molar-refractivity contribution in [2.75, 3.05) is 13.7 Å². The average Bonchev–Trinajstić information content (AvgIpc) is 2.60. The zero-order chi connectivity index (χ0) is 19.8. The summed E-state index contributed by atoms with van der Waals surface area (Å²) in [6.45, 7) is 5.09. The maximum atomic E-state index is 11.8. The Hall–Kier alpha value is -3.35. The number of rotatable bonds is 7. The summed E-state index contributed by atoms with van der Waals surface area (Å²) in [5.74, 6) is 0.517. The van der Waals surface area contributed by atoms with Gasteiger partial charge in [0.1, 0.15) is 5.75 Å². The van der Waals surface area contributed by atoms with E-state index in [0.29, 0.717) is 22.8 Å². The van der Waals surface area contributed by atoms with Gasteiger partial charge in [-0.25, -0.2) is 5.43 Å². The summed E-state index contributed by atoms with van der Waals surface area (Å²) in [4.78, 5) is 22.9. The van der Waals surface area contributed by atoms with Crippen LogP contribution in [0.4, 0.5) is 0 Å². The Morgan fingerprint density at radius 2 is 1.78 bits per heavy atom. The van der Waals surface area contributed by atoms with Gasteiger partial charge < -0.3 is 14.2 Å². The number of aryl methyl sites for hydroxylation is 2. The van der Waals surface area contributed by atoms with Crippen LogP contribution in [-0.2, 0) is 9.59 Å². The summed E-state index contributed by atoms with van der Waals surface area (Å²) < 4.78 is 15.7. The van der Waals surface area contributed by atoms with Gasteiger partial charge in [-0.05, 0) is 60.9 Å². The Bertz CT molecular complexity index is 841. The van der Waals surface area contributed by atoms with Gasteiger partial charge >= 0.3 is 5.97 Å². The maximum Gasteiger partial charge on any atom is 0.308 e. The molecule has 0 saturated heterocycles. The first kappa shape index (κ1) is 20.0. The van der Waals surface area contributed by atoms with Gasteiger partial charge in [0.2, 0.25) is 0 Å². The number of amides is 1. The lowest BCUT2D eigenvalue weighted by atomic mass is 10.1. The molecule has 142 valence electrons. The SMILES string of the molecule is COc1cc(/C=N/NC(=O)COc2cc(C)cc(C)c2)ccc1OC(C)=O. The molecular formula is C20H22N2O5. The van der Waals surface area contributed by atoms with Crippen molar-refractivity contribution in [1.82, 2.24) is 5.43 Å². The first-order chi connectivity index (χ1) is 12.9. The molecule has 0 aliphatic rings. The van der Waals surface area contributed by atoms with Gasteiger partial charge in [0.25, 0.3) is 5.91 Å². The van der Waals surface area contributed by atoms with Crippen LogP contribution >= 0.6 is 0 Å². The lowest BCUT2D eigenvalue weighted by molar-refractivity contribution is -0.132. The standard InChI is InChI=1S/C20H22N2O5/c1-13-7-14(2)9-17(8-13)26-12-20(24)22-21-11-16-5-6-18(27-15(3)23)19(10-16)25-4/h5-11H,12H2,1-4H3,(H,22,24)/b21-11+. The second-order valence-corrected chi connectivity index (χ2v) is 5.91. The van der Waals surface area contributed by atoms with Gasteiger partial charge in [-0.2, -0.15) is 5.10 Å². The Labute approximate surface area is 157 Å². The Kier molecular flexibility index (Phi) is 6.93. The van der Waals surface area contributed by atoms with E-state index in [-0.39, 0.29) is 12.5 Å². The summed E-state index contributed by atoms with van der Waals surface area (Å²) in [6.07, 6.45) is 1.45. The van der Waals surface area contributed by atoms with Gasteiger partial charge in [-0.1, -0.05) is 6.07 Å². The molecule has 0 aromatic heterocycles. The number of esters is 1. The van der Waals surface area contributed by atoms with Gasteiger partial charge in [-0.3, -0.25) is 9.59 Å². The highest BCUT2D eigenvalue weighted by Crippen LogP contribution is 2.27. The third-order valence-corrected chi connectivity index (χ3v) is 3.41. The van der Waals surface area contributed by atoms with E-state index in [1.165, 1.54) is 20.2 Å². The molecule has 0 heterocycles. The summed E-state index contributed by atoms with van der Waals surface area (Å²) in [7, 11) is 1.47. The highest BCUT2D eigenvalue weighted by atomic mass is 16.6. The monoisotopic (exact) mass is 370 g/mol. The quantitative estimate of drug-likeness (QED) is 0.351. The zero-order valence-electron chi connectivity index (χ0n) is 15.7. The van der Waals surface area contributed by atoms with Crippen molar-refractivity contribution in [3.8, 4) is 17.2 Å². The Morgan fingerprint density at radius 3 is 2.41 bits per heavy atom. The summed E-state index contributed by atoms with van der Waals surface area (Å²) in [5.41, 5.74) is 5.19. The topological polar surface area (TPSA) is 86.2 Å². The minimum Gasteiger partial charge on any atom is -0.493 e. The van der Waals surface area contributed by atoms with Crippen LogP contribution in [0.1, 0.15) is 23.6 Å². The van der Waals surface area contributed by atoms with E-state index < -0.39 is 5.97 Å². The zero-order valence-corrected chi connectivity index (χ0v) is 15.7. The average molecular weight is 370 g/mol. The van der Waals surface area contributed by atoms with Crippen LogP contribution in [0.3, 0.4) is 0 Å². The molecule has 1 amide bonds. The molecule has 0 unspecified atom stereocenters. The molecule has 0 saturated carbocycles. The van der Waals surface area contributed by atoms with Gasteiger partial charge in [0.05, 0.1) is 13.3 Å². The summed E-state index contributed by atoms with van der Waals surface area (Å²) in [5, 5.41) is 3.89. The van der Waals surface area contributed by atoms with E-state index in [2.05, 4.69) is 10.5 Å². The lowest BCUT2D eigenvalue weighted by Crippen LogP contribution is -2.24. The summed E-state index contributed by atoms with van der Waals surface area (Å²) in [6, 6.07) is 10.7. The van der Waals surface area contributed by atoms with E-state index >= 15 is 0 Å². The van der Waals surface area contributed by atoms with Crippen LogP contribution in [0.2, 0.25) is 0 Å². The smallest absolute Gasteiger partial charge is 0.308 e. The molecule has 2 aromatic carbocycles. The van der Waals surface area contributed by atoms with E-state index in [9.17, 15) is 9.59 Å². The molecule has 0 atom stereocenters. The third-order valence-electron chi connectivity index (χ3n) is 3.41. The molecule has 0 bridgehead atoms. The number of benzene rings is 2. The van der Waals surface area contributed by atoms with Gasteiger partial charge in [0, 0.05) is 6.92 Å². The fourth-order valence-corrected chi connectivity index (χ4v) is 2.38. The fraction of sp³-hybridized carbons (Fsp3) is 0.250. The largest absolute Gasteiger partial charge is 0.493 e. The van der Waals surface area contributed by atoms with Crippen LogP contribution < -0.4 is 19.6 Å². The number of carbonyl (C=O) groups excluding carboxylic acids is 2. The van der Waals surface area contributed by atoms with Crippen molar-refractivity contribution in [3.05, 3.63) is 53.1 Å². The number of hydrogen-bond donors (Lipinski definition) is 1. The predicted octanol–water partition coefficient (Wildman–Crippen LogP) is 2.77. The van der Waals surface area contributed by atoms with Crippen molar-refractivity contribution in [2.45, 2.75) is 20.8 Å². The lowest BCUT2D eigenvalue weighted by Gasteiger charge is -2.08. The highest BCUT2D eigenvalue weighted by Gasteiger charge is 2.07. The summed E-state index contributed by atoms with van der Waals surface area (Å²) >= 11 is 0. The number of methoxy groups -OCH3 is 1. The highest BCUT2D eigenvalue weighted by molar-refractivity contribution is 5.84. The van der Waals surface area contributed by atoms with E-state index in [1.54, 1.807) is 18.2 Å². The van der Waals surface area contributed by atoms with Crippen molar-refractivity contribution < 1.29 is 23.8 Å². The molecule has 2 aromatic rings. The second kappa shape index (κ2) is 9.38. The molecule has 0 spiro atoms. The van der Waals surface area contributed by atoms with E-state index in [4.69, 9.17) is 14.2 Å². The number of nitrogens with zero attached hydrogens (tertiary/aromatic N) is 1. The first-order valence-electron chi connectivity index (χ1n) is 8.27. The van der Waals surface area contributed by atoms with Crippen LogP contribution in [0.25, 0.3) is 0 Å². The van der Waals surface area contributed by atoms with Crippen molar-refractivity contribution in [1.29, 1.82) is 0 Å². The third kappa shape index (κ3) is 6.47. The molecule has 0 radical (unpaired) electrons. The Morgan fingerprint density at radius 1 is 1.07 bits per heavy atom. The van der Waals surface area contributed by atoms with Crippen molar-refractivity contribution >= 4 is 18.1 Å². The van der Waals surface area contributed by atoms with Crippen LogP contribution in [-0.4, -0.2) is 31.8 Å². The number of hydrazone groups is 1. The molecule has 2 rings (SSSR count). The Balaban J connectivity index is 1.90. The normalized spacial score (nSPS) is 10.5. The van der Waals surface area contributed by atoms with Crippen LogP contribution in [0.15, 0.2) is 41.5 Å². The van der Waals surface area contributed by atoms with Crippen LogP contribution in [0.5, 0.6) is 17.2 Å².